The number of aryl methyl sites for hydroxylation is 1. The summed E-state index contributed by atoms with van der Waals surface area (Å²) in [5, 5.41) is 11.1. The molecule has 0 unspecified atom stereocenters. The first-order chi connectivity index (χ1) is 14.1. The average molecular weight is 390 g/mol. The number of amides is 1. The molecular formula is C22H22N4O3. The first-order valence-electron chi connectivity index (χ1n) is 9.67. The molecule has 2 aliphatic rings. The number of carbonyl (C=O) groups excluding carboxylic acids is 1. The second kappa shape index (κ2) is 6.62. The molecule has 1 spiro atoms. The van der Waals surface area contributed by atoms with Crippen molar-refractivity contribution in [3.63, 3.8) is 0 Å². The van der Waals surface area contributed by atoms with Crippen LogP contribution in [-0.4, -0.2) is 34.4 Å². The molecule has 29 heavy (non-hydrogen) atoms. The summed E-state index contributed by atoms with van der Waals surface area (Å²) >= 11 is 0. The molecule has 2 aromatic carbocycles. The lowest BCUT2D eigenvalue weighted by molar-refractivity contribution is -0.117. The van der Waals surface area contributed by atoms with Crippen LogP contribution in [0.2, 0.25) is 0 Å². The van der Waals surface area contributed by atoms with Crippen LogP contribution in [0.5, 0.6) is 11.5 Å². The van der Waals surface area contributed by atoms with Gasteiger partial charge in [-0.15, -0.1) is 10.2 Å². The van der Waals surface area contributed by atoms with E-state index in [1.54, 1.807) is 13.4 Å². The number of carbonyl (C=O) groups is 1. The Morgan fingerprint density at radius 3 is 3.00 bits per heavy atom. The van der Waals surface area contributed by atoms with Crippen LogP contribution in [0.25, 0.3) is 11.4 Å². The van der Waals surface area contributed by atoms with E-state index in [9.17, 15) is 4.79 Å². The van der Waals surface area contributed by atoms with Crippen molar-refractivity contribution in [3.8, 4) is 22.9 Å². The summed E-state index contributed by atoms with van der Waals surface area (Å²) in [7, 11) is 3.55. The zero-order valence-electron chi connectivity index (χ0n) is 16.4. The topological polar surface area (TPSA) is 78.3 Å². The Kier molecular flexibility index (Phi) is 4.04. The van der Waals surface area contributed by atoms with E-state index in [1.807, 2.05) is 54.1 Å². The van der Waals surface area contributed by atoms with Gasteiger partial charge in [-0.3, -0.25) is 4.79 Å². The van der Waals surface area contributed by atoms with Crippen LogP contribution in [0.1, 0.15) is 18.4 Å². The fourth-order valence-electron chi connectivity index (χ4n) is 4.36. The molecule has 1 amide bonds. The van der Waals surface area contributed by atoms with E-state index in [0.717, 1.165) is 47.0 Å². The van der Waals surface area contributed by atoms with Crippen molar-refractivity contribution in [1.82, 2.24) is 14.8 Å². The Balaban J connectivity index is 1.37. The highest BCUT2D eigenvalue weighted by Gasteiger charge is 2.61. The van der Waals surface area contributed by atoms with E-state index in [-0.39, 0.29) is 17.2 Å². The lowest BCUT2D eigenvalue weighted by Gasteiger charge is -2.27. The molecule has 1 N–H and O–H groups in total. The second-order valence-corrected chi connectivity index (χ2v) is 7.71. The van der Waals surface area contributed by atoms with Crippen molar-refractivity contribution < 1.29 is 14.3 Å². The third kappa shape index (κ3) is 2.93. The van der Waals surface area contributed by atoms with Gasteiger partial charge < -0.3 is 19.4 Å². The Morgan fingerprint density at radius 2 is 2.21 bits per heavy atom. The van der Waals surface area contributed by atoms with E-state index >= 15 is 0 Å². The fraction of sp³-hybridized carbons (Fsp3) is 0.318. The van der Waals surface area contributed by atoms with Gasteiger partial charge >= 0.3 is 0 Å². The quantitative estimate of drug-likeness (QED) is 0.740. The monoisotopic (exact) mass is 390 g/mol. The minimum Gasteiger partial charge on any atom is -0.497 e. The maximum absolute atomic E-state index is 13.1. The molecule has 5 rings (SSSR count). The molecule has 7 nitrogen and oxygen atoms in total. The van der Waals surface area contributed by atoms with Gasteiger partial charge in [0.05, 0.1) is 13.7 Å². The predicted octanol–water partition coefficient (Wildman–Crippen LogP) is 3.17. The highest BCUT2D eigenvalue weighted by molar-refractivity contribution is 5.96. The Labute approximate surface area is 168 Å². The molecule has 148 valence electrons. The maximum atomic E-state index is 13.1. The third-order valence-electron chi connectivity index (χ3n) is 6.02. The van der Waals surface area contributed by atoms with E-state index in [0.29, 0.717) is 6.61 Å². The number of nitrogens with zero attached hydrogens (tertiary/aromatic N) is 3. The van der Waals surface area contributed by atoms with Crippen LogP contribution in [0, 0.1) is 5.92 Å². The molecular weight excluding hydrogens is 368 g/mol. The van der Waals surface area contributed by atoms with Crippen LogP contribution in [0.3, 0.4) is 0 Å². The molecule has 1 aliphatic heterocycles. The number of aromatic nitrogens is 3. The molecule has 1 saturated carbocycles. The lowest BCUT2D eigenvalue weighted by atomic mass is 9.87. The first kappa shape index (κ1) is 17.7. The van der Waals surface area contributed by atoms with Gasteiger partial charge in [0.25, 0.3) is 0 Å². The number of rotatable bonds is 4. The van der Waals surface area contributed by atoms with E-state index in [2.05, 4.69) is 15.5 Å². The Morgan fingerprint density at radius 1 is 1.31 bits per heavy atom. The first-order valence-corrected chi connectivity index (χ1v) is 9.67. The number of methoxy groups -OCH3 is 1. The van der Waals surface area contributed by atoms with E-state index < -0.39 is 0 Å². The van der Waals surface area contributed by atoms with Crippen molar-refractivity contribution in [3.05, 3.63) is 54.4 Å². The molecule has 1 aliphatic carbocycles. The van der Waals surface area contributed by atoms with Gasteiger partial charge in [0.1, 0.15) is 17.8 Å². The van der Waals surface area contributed by atoms with Gasteiger partial charge in [-0.2, -0.15) is 0 Å². The van der Waals surface area contributed by atoms with Crippen molar-refractivity contribution >= 4 is 11.6 Å². The van der Waals surface area contributed by atoms with Crippen molar-refractivity contribution in [2.24, 2.45) is 13.0 Å². The van der Waals surface area contributed by atoms with Crippen molar-refractivity contribution in [2.75, 3.05) is 19.0 Å². The van der Waals surface area contributed by atoms with Gasteiger partial charge in [0, 0.05) is 35.2 Å². The Bertz CT molecular complexity index is 1090. The summed E-state index contributed by atoms with van der Waals surface area (Å²) in [4.78, 5) is 13.1. The van der Waals surface area contributed by atoms with Gasteiger partial charge in [0.2, 0.25) is 5.91 Å². The largest absolute Gasteiger partial charge is 0.497 e. The highest BCUT2D eigenvalue weighted by atomic mass is 16.5. The molecule has 0 saturated heterocycles. The number of benzene rings is 2. The summed E-state index contributed by atoms with van der Waals surface area (Å²) in [6, 6.07) is 13.5. The zero-order chi connectivity index (χ0) is 20.0. The summed E-state index contributed by atoms with van der Waals surface area (Å²) < 4.78 is 13.0. The van der Waals surface area contributed by atoms with Gasteiger partial charge in [0.15, 0.2) is 5.82 Å². The minimum atomic E-state index is -0.159. The molecule has 2 heterocycles. The summed E-state index contributed by atoms with van der Waals surface area (Å²) in [5.41, 5.74) is 2.59. The average Bonchev–Trinajstić information content (AvgIpc) is 3.29. The number of anilines is 1. The molecule has 1 aromatic heterocycles. The summed E-state index contributed by atoms with van der Waals surface area (Å²) in [5.74, 6) is 2.37. The van der Waals surface area contributed by atoms with Crippen LogP contribution in [0.15, 0.2) is 48.8 Å². The number of fused-ring (bicyclic) bond motifs is 2. The minimum absolute atomic E-state index is 0.0378. The smallest absolute Gasteiger partial charge is 0.228 e. The lowest BCUT2D eigenvalue weighted by Crippen LogP contribution is -2.26. The summed E-state index contributed by atoms with van der Waals surface area (Å²) in [6.07, 6.45) is 3.32. The maximum Gasteiger partial charge on any atom is 0.228 e. The molecule has 1 fully saturated rings. The predicted molar refractivity (Wildman–Crippen MR) is 108 cm³/mol. The van der Waals surface area contributed by atoms with Gasteiger partial charge in [-0.05, 0) is 43.2 Å². The second-order valence-electron chi connectivity index (χ2n) is 7.71. The fourth-order valence-corrected chi connectivity index (χ4v) is 4.36. The number of hydrogen-bond donors (Lipinski definition) is 1. The van der Waals surface area contributed by atoms with Crippen LogP contribution in [-0.2, 0) is 17.3 Å². The zero-order valence-corrected chi connectivity index (χ0v) is 16.4. The van der Waals surface area contributed by atoms with Crippen molar-refractivity contribution in [2.45, 2.75) is 18.3 Å². The Hall–Kier alpha value is -3.35. The van der Waals surface area contributed by atoms with Crippen LogP contribution in [0.4, 0.5) is 5.69 Å². The SMILES string of the molecule is COc1ccc2c(c1)[C@@]1(CCO2)C[C@@H]1C(=O)Nc1cccc(-c2nncn2C)c1. The van der Waals surface area contributed by atoms with Crippen molar-refractivity contribution in [1.29, 1.82) is 0 Å². The molecule has 3 aromatic rings. The normalized spacial score (nSPS) is 21.9. The van der Waals surface area contributed by atoms with Crippen LogP contribution >= 0.6 is 0 Å². The molecule has 7 heteroatoms. The standard InChI is InChI=1S/C22H22N4O3/c1-26-13-23-25-20(26)14-4-3-5-15(10-14)24-21(27)18-12-22(18)8-9-29-19-7-6-16(28-2)11-17(19)22/h3-7,10-11,13,18H,8-9,12H2,1-2H3,(H,24,27)/t18-,22-/m1/s1. The summed E-state index contributed by atoms with van der Waals surface area (Å²) in [6.45, 7) is 0.630. The molecule has 0 radical (unpaired) electrons. The van der Waals surface area contributed by atoms with Gasteiger partial charge in [-0.1, -0.05) is 12.1 Å². The highest BCUT2D eigenvalue weighted by Crippen LogP contribution is 2.61. The van der Waals surface area contributed by atoms with Gasteiger partial charge in [-0.25, -0.2) is 0 Å². The number of ether oxygens (including phenoxy) is 2. The number of nitrogens with one attached hydrogen (secondary N) is 1. The molecule has 2 atom stereocenters. The molecule has 0 bridgehead atoms. The van der Waals surface area contributed by atoms with E-state index in [4.69, 9.17) is 9.47 Å². The number of hydrogen-bond acceptors (Lipinski definition) is 5. The van der Waals surface area contributed by atoms with Crippen LogP contribution < -0.4 is 14.8 Å². The van der Waals surface area contributed by atoms with E-state index in [1.165, 1.54) is 0 Å². The third-order valence-corrected chi connectivity index (χ3v) is 6.02.